The molecule has 32 heavy (non-hydrogen) atoms. The number of benzene rings is 1. The fourth-order valence-electron chi connectivity index (χ4n) is 3.78. The number of thiophene rings is 1. The highest BCUT2D eigenvalue weighted by atomic mass is 32.1. The monoisotopic (exact) mass is 460 g/mol. The third-order valence-electron chi connectivity index (χ3n) is 5.59. The molecule has 2 aromatic rings. The van der Waals surface area contributed by atoms with Crippen LogP contribution in [-0.4, -0.2) is 55.3 Å². The maximum atomic E-state index is 13.3. The molecule has 1 aromatic heterocycles. The zero-order valence-electron chi connectivity index (χ0n) is 18.0. The minimum absolute atomic E-state index is 0.0246. The van der Waals surface area contributed by atoms with Crippen LogP contribution in [0.3, 0.4) is 0 Å². The van der Waals surface area contributed by atoms with Gasteiger partial charge in [-0.3, -0.25) is 19.3 Å². The molecule has 7 nitrogen and oxygen atoms in total. The number of hydrogen-bond donors (Lipinski definition) is 2. The Morgan fingerprint density at radius 2 is 1.88 bits per heavy atom. The topological polar surface area (TPSA) is 95.7 Å². The molecular formula is C23H29FN4O3S. The fraction of sp³-hybridized carbons (Fsp3) is 0.435. The Morgan fingerprint density at radius 1 is 1.16 bits per heavy atom. The first-order chi connectivity index (χ1) is 15.4. The summed E-state index contributed by atoms with van der Waals surface area (Å²) in [7, 11) is 0. The number of piperidine rings is 1. The Balaban J connectivity index is 1.47. The van der Waals surface area contributed by atoms with Crippen molar-refractivity contribution in [3.8, 4) is 0 Å². The number of carbonyl (C=O) groups is 3. The van der Waals surface area contributed by atoms with Gasteiger partial charge in [-0.15, -0.1) is 11.3 Å². The normalized spacial score (nSPS) is 14.8. The van der Waals surface area contributed by atoms with Gasteiger partial charge >= 0.3 is 0 Å². The van der Waals surface area contributed by atoms with Crippen LogP contribution in [0.15, 0.2) is 41.8 Å². The number of hydrogen-bond acceptors (Lipinski definition) is 5. The molecule has 3 amide bonds. The van der Waals surface area contributed by atoms with Crippen LogP contribution < -0.4 is 16.0 Å². The smallest absolute Gasteiger partial charge is 0.241 e. The molecule has 1 aliphatic rings. The van der Waals surface area contributed by atoms with E-state index in [9.17, 15) is 18.8 Å². The second kappa shape index (κ2) is 11.7. The molecule has 0 atom stereocenters. The summed E-state index contributed by atoms with van der Waals surface area (Å²) < 4.78 is 13.3. The molecule has 0 aliphatic carbocycles. The van der Waals surface area contributed by atoms with Crippen LogP contribution in [0.2, 0.25) is 0 Å². The minimum Gasteiger partial charge on any atom is -0.370 e. The van der Waals surface area contributed by atoms with E-state index in [1.54, 1.807) is 11.3 Å². The first-order valence-electron chi connectivity index (χ1n) is 10.8. The number of carbonyl (C=O) groups excluding carboxylic acids is 3. The lowest BCUT2D eigenvalue weighted by Crippen LogP contribution is -2.46. The fourth-order valence-corrected chi connectivity index (χ4v) is 4.49. The molecule has 3 rings (SSSR count). The van der Waals surface area contributed by atoms with Crippen molar-refractivity contribution in [1.82, 2.24) is 10.2 Å². The van der Waals surface area contributed by atoms with E-state index in [-0.39, 0.29) is 37.2 Å². The molecular weight excluding hydrogens is 431 g/mol. The minimum atomic E-state index is -0.504. The highest BCUT2D eigenvalue weighted by Gasteiger charge is 2.27. The number of likely N-dealkylation sites (tertiary alicyclic amines) is 1. The van der Waals surface area contributed by atoms with Crippen molar-refractivity contribution in [1.29, 1.82) is 0 Å². The van der Waals surface area contributed by atoms with Gasteiger partial charge in [0.15, 0.2) is 0 Å². The highest BCUT2D eigenvalue weighted by molar-refractivity contribution is 7.09. The number of halogens is 1. The molecule has 0 radical (unpaired) electrons. The van der Waals surface area contributed by atoms with E-state index in [1.807, 2.05) is 16.3 Å². The molecule has 2 heterocycles. The van der Waals surface area contributed by atoms with Crippen LogP contribution in [0.1, 0.15) is 24.1 Å². The summed E-state index contributed by atoms with van der Waals surface area (Å²) in [6.07, 6.45) is 2.24. The summed E-state index contributed by atoms with van der Waals surface area (Å²) in [6, 6.07) is 9.65. The van der Waals surface area contributed by atoms with Crippen LogP contribution in [0.4, 0.5) is 10.1 Å². The number of nitrogens with two attached hydrogens (primary N) is 1. The molecule has 172 valence electrons. The van der Waals surface area contributed by atoms with Gasteiger partial charge < -0.3 is 16.0 Å². The second-order valence-electron chi connectivity index (χ2n) is 7.91. The van der Waals surface area contributed by atoms with Gasteiger partial charge in [0.25, 0.3) is 0 Å². The second-order valence-corrected chi connectivity index (χ2v) is 8.94. The SMILES string of the molecule is NC(=O)CCN(C(=O)CN1CCC(C(=O)NCCc2cccs2)CC1)c1ccc(F)cc1. The van der Waals surface area contributed by atoms with Crippen LogP contribution >= 0.6 is 11.3 Å². The van der Waals surface area contributed by atoms with Gasteiger partial charge in [0.2, 0.25) is 17.7 Å². The Morgan fingerprint density at radius 3 is 2.50 bits per heavy atom. The van der Waals surface area contributed by atoms with Crippen LogP contribution in [-0.2, 0) is 20.8 Å². The first-order valence-corrected chi connectivity index (χ1v) is 11.7. The molecule has 0 saturated carbocycles. The number of anilines is 1. The molecule has 9 heteroatoms. The van der Waals surface area contributed by atoms with Gasteiger partial charge in [0.1, 0.15) is 5.82 Å². The van der Waals surface area contributed by atoms with E-state index in [0.29, 0.717) is 38.2 Å². The third-order valence-corrected chi connectivity index (χ3v) is 6.53. The van der Waals surface area contributed by atoms with Gasteiger partial charge in [-0.1, -0.05) is 6.07 Å². The van der Waals surface area contributed by atoms with Gasteiger partial charge in [0.05, 0.1) is 6.54 Å². The Labute approximate surface area is 191 Å². The van der Waals surface area contributed by atoms with Crippen molar-refractivity contribution in [2.24, 2.45) is 11.7 Å². The zero-order valence-corrected chi connectivity index (χ0v) is 18.8. The Bertz CT molecular complexity index is 896. The van der Waals surface area contributed by atoms with Crippen molar-refractivity contribution in [3.63, 3.8) is 0 Å². The van der Waals surface area contributed by atoms with E-state index in [4.69, 9.17) is 5.73 Å². The van der Waals surface area contributed by atoms with Gasteiger partial charge in [-0.25, -0.2) is 4.39 Å². The van der Waals surface area contributed by atoms with Crippen LogP contribution in [0, 0.1) is 11.7 Å². The predicted molar refractivity (Wildman–Crippen MR) is 123 cm³/mol. The lowest BCUT2D eigenvalue weighted by molar-refractivity contribution is -0.126. The molecule has 3 N–H and O–H groups in total. The third kappa shape index (κ3) is 7.13. The number of primary amides is 1. The van der Waals surface area contributed by atoms with E-state index in [0.717, 1.165) is 6.42 Å². The quantitative estimate of drug-likeness (QED) is 0.568. The molecule has 1 saturated heterocycles. The van der Waals surface area contributed by atoms with E-state index in [2.05, 4.69) is 11.4 Å². The number of rotatable bonds is 10. The molecule has 0 spiro atoms. The van der Waals surface area contributed by atoms with Crippen molar-refractivity contribution in [2.45, 2.75) is 25.7 Å². The van der Waals surface area contributed by atoms with E-state index in [1.165, 1.54) is 34.0 Å². The van der Waals surface area contributed by atoms with Gasteiger partial charge in [0, 0.05) is 36.0 Å². The number of nitrogens with one attached hydrogen (secondary N) is 1. The number of nitrogens with zero attached hydrogens (tertiary/aromatic N) is 2. The molecule has 0 unspecified atom stereocenters. The van der Waals surface area contributed by atoms with Crippen molar-refractivity contribution in [2.75, 3.05) is 37.6 Å². The van der Waals surface area contributed by atoms with Crippen LogP contribution in [0.5, 0.6) is 0 Å². The van der Waals surface area contributed by atoms with Crippen molar-refractivity contribution >= 4 is 34.7 Å². The first kappa shape index (κ1) is 23.9. The van der Waals surface area contributed by atoms with E-state index >= 15 is 0 Å². The Hall–Kier alpha value is -2.78. The molecule has 1 fully saturated rings. The maximum absolute atomic E-state index is 13.3. The largest absolute Gasteiger partial charge is 0.370 e. The molecule has 1 aromatic carbocycles. The van der Waals surface area contributed by atoms with Gasteiger partial charge in [-0.2, -0.15) is 0 Å². The molecule has 1 aliphatic heterocycles. The van der Waals surface area contributed by atoms with Crippen molar-refractivity contribution < 1.29 is 18.8 Å². The maximum Gasteiger partial charge on any atom is 0.241 e. The Kier molecular flexibility index (Phi) is 8.75. The van der Waals surface area contributed by atoms with Crippen molar-refractivity contribution in [3.05, 3.63) is 52.5 Å². The summed E-state index contributed by atoms with van der Waals surface area (Å²) in [6.45, 7) is 2.22. The van der Waals surface area contributed by atoms with Crippen LogP contribution in [0.25, 0.3) is 0 Å². The zero-order chi connectivity index (χ0) is 22.9. The van der Waals surface area contributed by atoms with E-state index < -0.39 is 11.7 Å². The average molecular weight is 461 g/mol. The van der Waals surface area contributed by atoms with Gasteiger partial charge in [-0.05, 0) is 68.1 Å². The lowest BCUT2D eigenvalue weighted by atomic mass is 9.96. The molecule has 0 bridgehead atoms. The summed E-state index contributed by atoms with van der Waals surface area (Å²) in [4.78, 5) is 41.3. The summed E-state index contributed by atoms with van der Waals surface area (Å²) in [5.41, 5.74) is 5.77. The summed E-state index contributed by atoms with van der Waals surface area (Å²) >= 11 is 1.68. The lowest BCUT2D eigenvalue weighted by Gasteiger charge is -2.32. The highest BCUT2D eigenvalue weighted by Crippen LogP contribution is 2.20. The number of amides is 3. The standard InChI is InChI=1S/C23H29FN4O3S/c24-18-3-5-19(6-4-18)28(14-10-21(25)29)22(30)16-27-12-8-17(9-13-27)23(31)26-11-7-20-2-1-15-32-20/h1-6,15,17H,7-14,16H2,(H2,25,29)(H,26,31). The summed E-state index contributed by atoms with van der Waals surface area (Å²) in [5.74, 6) is -1.06. The summed E-state index contributed by atoms with van der Waals surface area (Å²) in [5, 5.41) is 5.04. The predicted octanol–water partition coefficient (Wildman–Crippen LogP) is 2.17. The average Bonchev–Trinajstić information content (AvgIpc) is 3.29.